The zero-order valence-electron chi connectivity index (χ0n) is 12.6. The van der Waals surface area contributed by atoms with Crippen LogP contribution in [0.4, 0.5) is 5.69 Å². The van der Waals surface area contributed by atoms with Crippen molar-refractivity contribution < 1.29 is 4.79 Å². The van der Waals surface area contributed by atoms with Crippen LogP contribution in [0.25, 0.3) is 11.0 Å². The summed E-state index contributed by atoms with van der Waals surface area (Å²) in [7, 11) is 0. The van der Waals surface area contributed by atoms with Gasteiger partial charge in [0.2, 0.25) is 5.91 Å². The maximum Gasteiger partial charge on any atom is 0.244 e. The van der Waals surface area contributed by atoms with Crippen molar-refractivity contribution in [1.82, 2.24) is 9.55 Å². The third kappa shape index (κ3) is 3.76. The number of rotatable bonds is 5. The number of carbonyl (C=O) groups is 1. The van der Waals surface area contributed by atoms with E-state index in [-0.39, 0.29) is 12.5 Å². The maximum atomic E-state index is 12.4. The van der Waals surface area contributed by atoms with Crippen molar-refractivity contribution in [1.29, 1.82) is 0 Å². The Morgan fingerprint density at radius 2 is 2.09 bits per heavy atom. The van der Waals surface area contributed by atoms with Crippen molar-refractivity contribution in [2.24, 2.45) is 0 Å². The topological polar surface area (TPSA) is 46.9 Å². The molecule has 3 aromatic rings. The third-order valence-corrected chi connectivity index (χ3v) is 4.46. The molecule has 0 spiro atoms. The molecule has 0 radical (unpaired) electrons. The lowest BCUT2D eigenvalue weighted by atomic mass is 10.3. The molecule has 23 heavy (non-hydrogen) atoms. The van der Waals surface area contributed by atoms with Crippen molar-refractivity contribution in [2.45, 2.75) is 12.3 Å². The second-order valence-corrected chi connectivity index (χ2v) is 6.88. The summed E-state index contributed by atoms with van der Waals surface area (Å²) in [5.74, 6) is 1.63. The lowest BCUT2D eigenvalue weighted by molar-refractivity contribution is -0.116. The lowest BCUT2D eigenvalue weighted by Crippen LogP contribution is -2.20. The predicted molar refractivity (Wildman–Crippen MR) is 99.7 cm³/mol. The average molecular weight is 390 g/mol. The first-order chi connectivity index (χ1) is 11.2. The molecule has 3 rings (SSSR count). The standard InChI is InChI=1S/C17H16BrN3OS/c1-23-11-16-20-14-7-2-3-8-15(14)21(16)10-17(22)19-13-6-4-5-12(18)9-13/h2-9H,10-11H2,1H3,(H,19,22). The monoisotopic (exact) mass is 389 g/mol. The minimum atomic E-state index is -0.0615. The van der Waals surface area contributed by atoms with Gasteiger partial charge in [-0.15, -0.1) is 0 Å². The molecule has 118 valence electrons. The molecule has 4 nitrogen and oxygen atoms in total. The Morgan fingerprint density at radius 3 is 2.87 bits per heavy atom. The number of anilines is 1. The number of benzene rings is 2. The summed E-state index contributed by atoms with van der Waals surface area (Å²) in [4.78, 5) is 17.0. The summed E-state index contributed by atoms with van der Waals surface area (Å²) in [6, 6.07) is 15.5. The van der Waals surface area contributed by atoms with E-state index in [4.69, 9.17) is 0 Å². The van der Waals surface area contributed by atoms with Crippen molar-refractivity contribution in [2.75, 3.05) is 11.6 Å². The van der Waals surface area contributed by atoms with E-state index in [1.165, 1.54) is 0 Å². The number of hydrogen-bond donors (Lipinski definition) is 1. The Morgan fingerprint density at radius 1 is 1.26 bits per heavy atom. The number of thioether (sulfide) groups is 1. The van der Waals surface area contributed by atoms with Gasteiger partial charge in [0, 0.05) is 10.2 Å². The highest BCUT2D eigenvalue weighted by molar-refractivity contribution is 9.10. The highest BCUT2D eigenvalue weighted by atomic mass is 79.9. The van der Waals surface area contributed by atoms with Gasteiger partial charge >= 0.3 is 0 Å². The zero-order valence-corrected chi connectivity index (χ0v) is 15.0. The minimum Gasteiger partial charge on any atom is -0.324 e. The number of nitrogens with one attached hydrogen (secondary N) is 1. The Balaban J connectivity index is 1.85. The van der Waals surface area contributed by atoms with Crippen molar-refractivity contribution >= 4 is 50.3 Å². The fourth-order valence-corrected chi connectivity index (χ4v) is 3.33. The predicted octanol–water partition coefficient (Wildman–Crippen LogP) is 4.30. The molecular formula is C17H16BrN3OS. The molecule has 0 fully saturated rings. The number of carbonyl (C=O) groups excluding carboxylic acids is 1. The first-order valence-electron chi connectivity index (χ1n) is 7.16. The van der Waals surface area contributed by atoms with E-state index in [9.17, 15) is 4.79 Å². The van der Waals surface area contributed by atoms with E-state index in [0.717, 1.165) is 32.8 Å². The summed E-state index contributed by atoms with van der Waals surface area (Å²) in [6.45, 7) is 0.253. The molecule has 1 aromatic heterocycles. The number of fused-ring (bicyclic) bond motifs is 1. The third-order valence-electron chi connectivity index (χ3n) is 3.42. The first-order valence-corrected chi connectivity index (χ1v) is 9.34. The Labute approximate surface area is 147 Å². The molecule has 2 aromatic carbocycles. The molecule has 0 bridgehead atoms. The quantitative estimate of drug-likeness (QED) is 0.707. The minimum absolute atomic E-state index is 0.0615. The summed E-state index contributed by atoms with van der Waals surface area (Å²) >= 11 is 5.10. The zero-order chi connectivity index (χ0) is 16.2. The normalized spacial score (nSPS) is 10.9. The van der Waals surface area contributed by atoms with Crippen LogP contribution in [0, 0.1) is 0 Å². The number of imidazole rings is 1. The smallest absolute Gasteiger partial charge is 0.244 e. The van der Waals surface area contributed by atoms with Crippen LogP contribution < -0.4 is 5.32 Å². The van der Waals surface area contributed by atoms with Gasteiger partial charge in [0.25, 0.3) is 0 Å². The Bertz CT molecular complexity index is 847. The first kappa shape index (κ1) is 16.1. The summed E-state index contributed by atoms with van der Waals surface area (Å²) in [5.41, 5.74) is 2.69. The van der Waals surface area contributed by atoms with Crippen LogP contribution in [-0.2, 0) is 17.1 Å². The molecule has 0 aliphatic rings. The van der Waals surface area contributed by atoms with E-state index >= 15 is 0 Å². The fourth-order valence-electron chi connectivity index (χ4n) is 2.45. The van der Waals surface area contributed by atoms with Gasteiger partial charge in [-0.1, -0.05) is 34.1 Å². The summed E-state index contributed by atoms with van der Waals surface area (Å²) in [5, 5.41) is 2.93. The van der Waals surface area contributed by atoms with Crippen LogP contribution in [0.5, 0.6) is 0 Å². The Hall–Kier alpha value is -1.79. The highest BCUT2D eigenvalue weighted by Crippen LogP contribution is 2.20. The van der Waals surface area contributed by atoms with Crippen LogP contribution in [0.15, 0.2) is 53.0 Å². The highest BCUT2D eigenvalue weighted by Gasteiger charge is 2.13. The molecule has 0 atom stereocenters. The van der Waals surface area contributed by atoms with Gasteiger partial charge in [-0.25, -0.2) is 4.98 Å². The van der Waals surface area contributed by atoms with Gasteiger partial charge in [-0.2, -0.15) is 11.8 Å². The number of aromatic nitrogens is 2. The second kappa shape index (κ2) is 7.19. The molecule has 0 saturated carbocycles. The van der Waals surface area contributed by atoms with Gasteiger partial charge < -0.3 is 9.88 Å². The van der Waals surface area contributed by atoms with E-state index in [1.54, 1.807) is 11.8 Å². The SMILES string of the molecule is CSCc1nc2ccccc2n1CC(=O)Nc1cccc(Br)c1. The molecular weight excluding hydrogens is 374 g/mol. The largest absolute Gasteiger partial charge is 0.324 e. The number of para-hydroxylation sites is 2. The molecule has 0 aliphatic heterocycles. The second-order valence-electron chi connectivity index (χ2n) is 5.09. The van der Waals surface area contributed by atoms with Crippen LogP contribution in [0.2, 0.25) is 0 Å². The molecule has 1 amide bonds. The average Bonchev–Trinajstić information content (AvgIpc) is 2.85. The van der Waals surface area contributed by atoms with Gasteiger partial charge in [0.05, 0.1) is 16.8 Å². The Kier molecular flexibility index (Phi) is 5.03. The number of hydrogen-bond acceptors (Lipinski definition) is 3. The van der Waals surface area contributed by atoms with Crippen molar-refractivity contribution in [3.8, 4) is 0 Å². The molecule has 1 heterocycles. The van der Waals surface area contributed by atoms with Gasteiger partial charge in [-0.05, 0) is 36.6 Å². The number of amides is 1. The maximum absolute atomic E-state index is 12.4. The van der Waals surface area contributed by atoms with E-state index in [2.05, 4.69) is 26.2 Å². The number of halogens is 1. The molecule has 0 unspecified atom stereocenters. The van der Waals surface area contributed by atoms with E-state index in [1.807, 2.05) is 59.4 Å². The van der Waals surface area contributed by atoms with Crippen LogP contribution in [0.3, 0.4) is 0 Å². The van der Waals surface area contributed by atoms with Gasteiger partial charge in [0.15, 0.2) is 0 Å². The van der Waals surface area contributed by atoms with Gasteiger partial charge in [-0.3, -0.25) is 4.79 Å². The summed E-state index contributed by atoms with van der Waals surface area (Å²) < 4.78 is 2.92. The molecule has 6 heteroatoms. The van der Waals surface area contributed by atoms with Crippen molar-refractivity contribution in [3.05, 3.63) is 58.8 Å². The van der Waals surface area contributed by atoms with E-state index in [0.29, 0.717) is 0 Å². The molecule has 0 aliphatic carbocycles. The van der Waals surface area contributed by atoms with Crippen LogP contribution in [0.1, 0.15) is 5.82 Å². The molecule has 0 saturated heterocycles. The fraction of sp³-hybridized carbons (Fsp3) is 0.176. The number of nitrogens with zero attached hydrogens (tertiary/aromatic N) is 2. The summed E-state index contributed by atoms with van der Waals surface area (Å²) in [6.07, 6.45) is 2.03. The van der Waals surface area contributed by atoms with Crippen LogP contribution >= 0.6 is 27.7 Å². The van der Waals surface area contributed by atoms with Gasteiger partial charge in [0.1, 0.15) is 12.4 Å². The van der Waals surface area contributed by atoms with Crippen molar-refractivity contribution in [3.63, 3.8) is 0 Å². The molecule has 1 N–H and O–H groups in total. The van der Waals surface area contributed by atoms with Crippen LogP contribution in [-0.4, -0.2) is 21.7 Å². The van der Waals surface area contributed by atoms with E-state index < -0.39 is 0 Å². The lowest BCUT2D eigenvalue weighted by Gasteiger charge is -2.10.